The number of benzene rings is 3. The van der Waals surface area contributed by atoms with Gasteiger partial charge in [0.1, 0.15) is 5.75 Å². The summed E-state index contributed by atoms with van der Waals surface area (Å²) < 4.78 is 11.2. The zero-order valence-corrected chi connectivity index (χ0v) is 14.5. The third-order valence-corrected chi connectivity index (χ3v) is 4.06. The van der Waals surface area contributed by atoms with Crippen LogP contribution in [-0.2, 0) is 22.7 Å². The molecule has 4 heteroatoms. The minimum absolute atomic E-state index is 0.380. The second-order valence-electron chi connectivity index (χ2n) is 5.92. The van der Waals surface area contributed by atoms with Crippen LogP contribution in [0.3, 0.4) is 0 Å². The molecule has 132 valence electrons. The largest absolute Gasteiger partial charge is 0.496 e. The van der Waals surface area contributed by atoms with Crippen molar-refractivity contribution < 1.29 is 19.4 Å². The fourth-order valence-electron chi connectivity index (χ4n) is 2.79. The van der Waals surface area contributed by atoms with Crippen molar-refractivity contribution in [2.75, 3.05) is 7.11 Å². The summed E-state index contributed by atoms with van der Waals surface area (Å²) in [6, 6.07) is 20.0. The van der Waals surface area contributed by atoms with Crippen molar-refractivity contribution in [3.8, 4) is 5.75 Å². The Morgan fingerprint density at radius 3 is 2.58 bits per heavy atom. The van der Waals surface area contributed by atoms with Crippen LogP contribution in [0.1, 0.15) is 16.7 Å². The van der Waals surface area contributed by atoms with E-state index < -0.39 is 5.97 Å². The molecular weight excluding hydrogens is 328 g/mol. The Bertz CT molecular complexity index is 944. The van der Waals surface area contributed by atoms with E-state index in [4.69, 9.17) is 14.6 Å². The molecule has 0 atom stereocenters. The highest BCUT2D eigenvalue weighted by Crippen LogP contribution is 2.22. The lowest BCUT2D eigenvalue weighted by Crippen LogP contribution is -1.98. The molecule has 0 saturated carbocycles. The highest BCUT2D eigenvalue weighted by atomic mass is 16.5. The molecule has 0 spiro atoms. The van der Waals surface area contributed by atoms with Crippen molar-refractivity contribution in [3.63, 3.8) is 0 Å². The standard InChI is InChI=1S/C22H20O4/c1-25-21-10-7-16(8-11-22(23)24)12-20(21)15-26-14-17-6-9-18-4-2-3-5-19(18)13-17/h2-13H,14-15H2,1H3,(H,23,24)/b11-8+. The molecule has 0 aliphatic carbocycles. The Balaban J connectivity index is 1.69. The third-order valence-electron chi connectivity index (χ3n) is 4.06. The number of fused-ring (bicyclic) bond motifs is 1. The molecule has 3 aromatic rings. The maximum absolute atomic E-state index is 10.7. The lowest BCUT2D eigenvalue weighted by Gasteiger charge is -2.11. The Morgan fingerprint density at radius 2 is 1.81 bits per heavy atom. The van der Waals surface area contributed by atoms with Gasteiger partial charge < -0.3 is 14.6 Å². The van der Waals surface area contributed by atoms with Crippen molar-refractivity contribution in [1.82, 2.24) is 0 Å². The molecule has 0 radical (unpaired) electrons. The van der Waals surface area contributed by atoms with Crippen molar-refractivity contribution in [2.24, 2.45) is 0 Å². The van der Waals surface area contributed by atoms with Gasteiger partial charge >= 0.3 is 5.97 Å². The van der Waals surface area contributed by atoms with E-state index in [-0.39, 0.29) is 0 Å². The lowest BCUT2D eigenvalue weighted by atomic mass is 10.1. The van der Waals surface area contributed by atoms with Crippen LogP contribution in [0, 0.1) is 0 Å². The zero-order chi connectivity index (χ0) is 18.4. The van der Waals surface area contributed by atoms with Gasteiger partial charge in [0.05, 0.1) is 20.3 Å². The van der Waals surface area contributed by atoms with E-state index in [1.807, 2.05) is 30.3 Å². The number of carboxylic acid groups (broad SMARTS) is 1. The van der Waals surface area contributed by atoms with Crippen LogP contribution in [0.15, 0.2) is 66.7 Å². The SMILES string of the molecule is COc1ccc(/C=C/C(=O)O)cc1COCc1ccc2ccccc2c1. The van der Waals surface area contributed by atoms with Gasteiger partial charge in [-0.05, 0) is 46.2 Å². The fraction of sp³-hybridized carbons (Fsp3) is 0.136. The summed E-state index contributed by atoms with van der Waals surface area (Å²) in [6.45, 7) is 0.869. The zero-order valence-electron chi connectivity index (χ0n) is 14.5. The minimum Gasteiger partial charge on any atom is -0.496 e. The van der Waals surface area contributed by atoms with Crippen molar-refractivity contribution in [3.05, 3.63) is 83.4 Å². The van der Waals surface area contributed by atoms with E-state index in [2.05, 4.69) is 30.3 Å². The van der Waals surface area contributed by atoms with E-state index in [9.17, 15) is 4.79 Å². The molecule has 0 aliphatic rings. The first-order valence-electron chi connectivity index (χ1n) is 8.29. The van der Waals surface area contributed by atoms with Gasteiger partial charge in [-0.3, -0.25) is 0 Å². The molecule has 1 N–H and O–H groups in total. The van der Waals surface area contributed by atoms with Crippen molar-refractivity contribution in [1.29, 1.82) is 0 Å². The molecule has 0 unspecified atom stereocenters. The first-order valence-corrected chi connectivity index (χ1v) is 8.29. The second-order valence-corrected chi connectivity index (χ2v) is 5.92. The molecule has 0 aliphatic heterocycles. The Morgan fingerprint density at radius 1 is 1.00 bits per heavy atom. The predicted octanol–water partition coefficient (Wildman–Crippen LogP) is 4.66. The first kappa shape index (κ1) is 17.7. The van der Waals surface area contributed by atoms with Crippen LogP contribution >= 0.6 is 0 Å². The van der Waals surface area contributed by atoms with Crippen LogP contribution in [-0.4, -0.2) is 18.2 Å². The summed E-state index contributed by atoms with van der Waals surface area (Å²) in [5, 5.41) is 11.1. The number of carboxylic acids is 1. The summed E-state index contributed by atoms with van der Waals surface area (Å²) in [4.78, 5) is 10.7. The summed E-state index contributed by atoms with van der Waals surface area (Å²) >= 11 is 0. The van der Waals surface area contributed by atoms with Gasteiger partial charge in [-0.1, -0.05) is 42.5 Å². The topological polar surface area (TPSA) is 55.8 Å². The van der Waals surface area contributed by atoms with Crippen molar-refractivity contribution >= 4 is 22.8 Å². The number of rotatable bonds is 7. The molecule has 4 nitrogen and oxygen atoms in total. The number of aliphatic carboxylic acids is 1. The molecular formula is C22H20O4. The number of methoxy groups -OCH3 is 1. The van der Waals surface area contributed by atoms with Gasteiger partial charge in [0.25, 0.3) is 0 Å². The number of hydrogen-bond acceptors (Lipinski definition) is 3. The van der Waals surface area contributed by atoms with E-state index in [1.165, 1.54) is 10.8 Å². The number of carbonyl (C=O) groups is 1. The number of ether oxygens (including phenoxy) is 2. The van der Waals surface area contributed by atoms with E-state index in [1.54, 1.807) is 13.2 Å². The van der Waals surface area contributed by atoms with Crippen LogP contribution in [0.2, 0.25) is 0 Å². The van der Waals surface area contributed by atoms with E-state index in [0.717, 1.165) is 28.5 Å². The maximum atomic E-state index is 10.7. The molecule has 0 heterocycles. The molecule has 0 saturated heterocycles. The molecule has 3 aromatic carbocycles. The molecule has 0 amide bonds. The van der Waals surface area contributed by atoms with Gasteiger partial charge in [-0.2, -0.15) is 0 Å². The van der Waals surface area contributed by atoms with Crippen LogP contribution < -0.4 is 4.74 Å². The average molecular weight is 348 g/mol. The molecule has 3 rings (SSSR count). The van der Waals surface area contributed by atoms with Gasteiger partial charge in [-0.25, -0.2) is 4.79 Å². The van der Waals surface area contributed by atoms with Crippen LogP contribution in [0.4, 0.5) is 0 Å². The van der Waals surface area contributed by atoms with Crippen molar-refractivity contribution in [2.45, 2.75) is 13.2 Å². The summed E-state index contributed by atoms with van der Waals surface area (Å²) in [6.07, 6.45) is 2.66. The predicted molar refractivity (Wildman–Crippen MR) is 102 cm³/mol. The fourth-order valence-corrected chi connectivity index (χ4v) is 2.79. The van der Waals surface area contributed by atoms with Gasteiger partial charge in [0, 0.05) is 11.6 Å². The maximum Gasteiger partial charge on any atom is 0.328 e. The second kappa shape index (κ2) is 8.32. The Hall–Kier alpha value is -3.11. The van der Waals surface area contributed by atoms with E-state index in [0.29, 0.717) is 13.2 Å². The quantitative estimate of drug-likeness (QED) is 0.631. The Kier molecular flexibility index (Phi) is 5.66. The van der Waals surface area contributed by atoms with Gasteiger partial charge in [0.15, 0.2) is 0 Å². The highest BCUT2D eigenvalue weighted by Gasteiger charge is 2.05. The van der Waals surface area contributed by atoms with Crippen LogP contribution in [0.25, 0.3) is 16.8 Å². The summed E-state index contributed by atoms with van der Waals surface area (Å²) in [5.41, 5.74) is 2.77. The summed E-state index contributed by atoms with van der Waals surface area (Å²) in [5.74, 6) is -0.258. The third kappa shape index (κ3) is 4.49. The minimum atomic E-state index is -0.977. The van der Waals surface area contributed by atoms with E-state index >= 15 is 0 Å². The normalized spacial score (nSPS) is 11.1. The number of hydrogen-bond donors (Lipinski definition) is 1. The first-order chi connectivity index (χ1) is 12.7. The smallest absolute Gasteiger partial charge is 0.328 e. The molecule has 26 heavy (non-hydrogen) atoms. The van der Waals surface area contributed by atoms with Gasteiger partial charge in [0.2, 0.25) is 0 Å². The summed E-state index contributed by atoms with van der Waals surface area (Å²) in [7, 11) is 1.61. The lowest BCUT2D eigenvalue weighted by molar-refractivity contribution is -0.131. The molecule has 0 fully saturated rings. The Labute approximate surface area is 152 Å². The van der Waals surface area contributed by atoms with Crippen LogP contribution in [0.5, 0.6) is 5.75 Å². The molecule has 0 aromatic heterocycles. The van der Waals surface area contributed by atoms with Gasteiger partial charge in [-0.15, -0.1) is 0 Å². The highest BCUT2D eigenvalue weighted by molar-refractivity contribution is 5.85. The monoisotopic (exact) mass is 348 g/mol. The molecule has 0 bridgehead atoms. The average Bonchev–Trinajstić information content (AvgIpc) is 2.66.